The summed E-state index contributed by atoms with van der Waals surface area (Å²) in [4.78, 5) is 14.3. The molecule has 3 heterocycles. The van der Waals surface area contributed by atoms with Crippen molar-refractivity contribution in [2.45, 2.75) is 25.6 Å². The van der Waals surface area contributed by atoms with Gasteiger partial charge in [-0.1, -0.05) is 12.1 Å². The molecule has 1 saturated heterocycles. The second-order valence-electron chi connectivity index (χ2n) is 9.32. The Balaban J connectivity index is 1.41. The third-order valence-corrected chi connectivity index (χ3v) is 6.78. The Morgan fingerprint density at radius 1 is 1.24 bits per heavy atom. The number of nitrogens with two attached hydrogens (primary N) is 1. The minimum atomic E-state index is -4.87. The van der Waals surface area contributed by atoms with Gasteiger partial charge in [-0.05, 0) is 48.7 Å². The van der Waals surface area contributed by atoms with E-state index in [0.29, 0.717) is 55.4 Å². The van der Waals surface area contributed by atoms with Gasteiger partial charge in [0.05, 0.1) is 48.1 Å². The normalized spacial score (nSPS) is 17.3. The zero-order valence-electron chi connectivity index (χ0n) is 20.0. The van der Waals surface area contributed by atoms with Crippen LogP contribution in [0.25, 0.3) is 16.5 Å². The molecule has 0 saturated carbocycles. The van der Waals surface area contributed by atoms with Crippen molar-refractivity contribution in [3.8, 4) is 0 Å². The SMILES string of the molecule is C[C@@H](Nc1cnnc2ccc(C3=CCN(C(=O)C4COC4)CC3)cc12)c1cc(N)cc(C(F)(F)F)c1F. The molecule has 3 aromatic rings. The summed E-state index contributed by atoms with van der Waals surface area (Å²) in [6, 6.07) is 6.58. The number of carbonyl (C=O) groups is 1. The first-order valence-corrected chi connectivity index (χ1v) is 11.9. The Labute approximate surface area is 210 Å². The van der Waals surface area contributed by atoms with Crippen molar-refractivity contribution in [2.75, 3.05) is 37.4 Å². The third-order valence-electron chi connectivity index (χ3n) is 6.78. The van der Waals surface area contributed by atoms with Gasteiger partial charge < -0.3 is 20.7 Å². The number of anilines is 2. The number of nitrogens with one attached hydrogen (secondary N) is 1. The van der Waals surface area contributed by atoms with Gasteiger partial charge >= 0.3 is 6.18 Å². The molecule has 1 atom stereocenters. The van der Waals surface area contributed by atoms with Crippen molar-refractivity contribution in [3.63, 3.8) is 0 Å². The maximum atomic E-state index is 14.8. The Morgan fingerprint density at radius 2 is 2.03 bits per heavy atom. The minimum absolute atomic E-state index is 0.0539. The predicted molar refractivity (Wildman–Crippen MR) is 131 cm³/mol. The minimum Gasteiger partial charge on any atom is -0.399 e. The van der Waals surface area contributed by atoms with E-state index in [-0.39, 0.29) is 23.1 Å². The number of nitrogens with zero attached hydrogens (tertiary/aromatic N) is 3. The Hall–Kier alpha value is -3.73. The molecule has 37 heavy (non-hydrogen) atoms. The molecule has 2 aliphatic heterocycles. The molecule has 1 amide bonds. The number of amides is 1. The molecule has 0 bridgehead atoms. The van der Waals surface area contributed by atoms with Crippen LogP contribution in [0.4, 0.5) is 28.9 Å². The van der Waals surface area contributed by atoms with Crippen LogP contribution in [0.2, 0.25) is 0 Å². The number of halogens is 4. The first kappa shape index (κ1) is 24.9. The van der Waals surface area contributed by atoms with Gasteiger partial charge in [-0.3, -0.25) is 4.79 Å². The van der Waals surface area contributed by atoms with Crippen LogP contribution >= 0.6 is 0 Å². The monoisotopic (exact) mass is 515 g/mol. The van der Waals surface area contributed by atoms with Gasteiger partial charge in [0.15, 0.2) is 0 Å². The van der Waals surface area contributed by atoms with E-state index in [0.717, 1.165) is 11.1 Å². The number of hydrogen-bond donors (Lipinski definition) is 2. The topological polar surface area (TPSA) is 93.4 Å². The van der Waals surface area contributed by atoms with Crippen molar-refractivity contribution in [1.29, 1.82) is 0 Å². The highest BCUT2D eigenvalue weighted by Crippen LogP contribution is 2.37. The lowest BCUT2D eigenvalue weighted by atomic mass is 9.96. The summed E-state index contributed by atoms with van der Waals surface area (Å²) in [5.74, 6) is -1.31. The average molecular weight is 516 g/mol. The van der Waals surface area contributed by atoms with E-state index in [2.05, 4.69) is 15.5 Å². The molecule has 194 valence electrons. The zero-order valence-corrected chi connectivity index (χ0v) is 20.0. The number of aromatic nitrogens is 2. The van der Waals surface area contributed by atoms with E-state index in [9.17, 15) is 22.4 Å². The Bertz CT molecular complexity index is 1390. The first-order valence-electron chi connectivity index (χ1n) is 11.9. The smallest absolute Gasteiger partial charge is 0.399 e. The molecule has 1 fully saturated rings. The molecule has 2 aliphatic rings. The molecule has 0 spiro atoms. The summed E-state index contributed by atoms with van der Waals surface area (Å²) >= 11 is 0. The van der Waals surface area contributed by atoms with Crippen LogP contribution in [-0.4, -0.2) is 47.3 Å². The number of nitrogen functional groups attached to an aromatic ring is 1. The number of carbonyl (C=O) groups excluding carboxylic acids is 1. The predicted octanol–water partition coefficient (Wildman–Crippen LogP) is 4.81. The summed E-state index contributed by atoms with van der Waals surface area (Å²) in [6.07, 6.45) is -0.717. The van der Waals surface area contributed by atoms with Gasteiger partial charge in [-0.15, -0.1) is 0 Å². The molecule has 3 N–H and O–H groups in total. The van der Waals surface area contributed by atoms with Crippen molar-refractivity contribution >= 4 is 33.8 Å². The van der Waals surface area contributed by atoms with Gasteiger partial charge in [-0.25, -0.2) is 4.39 Å². The quantitative estimate of drug-likeness (QED) is 0.375. The summed E-state index contributed by atoms with van der Waals surface area (Å²) in [7, 11) is 0. The van der Waals surface area contributed by atoms with Gasteiger partial charge in [0.25, 0.3) is 0 Å². The largest absolute Gasteiger partial charge is 0.419 e. The first-order chi connectivity index (χ1) is 17.6. The lowest BCUT2D eigenvalue weighted by Crippen LogP contribution is -2.46. The van der Waals surface area contributed by atoms with Crippen molar-refractivity contribution < 1.29 is 27.1 Å². The lowest BCUT2D eigenvalue weighted by Gasteiger charge is -2.33. The van der Waals surface area contributed by atoms with E-state index >= 15 is 0 Å². The van der Waals surface area contributed by atoms with E-state index < -0.39 is 23.6 Å². The summed E-state index contributed by atoms with van der Waals surface area (Å²) in [6.45, 7) is 3.62. The van der Waals surface area contributed by atoms with Gasteiger partial charge in [0.1, 0.15) is 5.82 Å². The van der Waals surface area contributed by atoms with Crippen molar-refractivity contribution in [1.82, 2.24) is 15.1 Å². The number of fused-ring (bicyclic) bond motifs is 1. The molecule has 2 aromatic carbocycles. The van der Waals surface area contributed by atoms with Crippen LogP contribution in [-0.2, 0) is 15.7 Å². The van der Waals surface area contributed by atoms with Crippen molar-refractivity contribution in [2.24, 2.45) is 5.92 Å². The molecular formula is C26H25F4N5O2. The van der Waals surface area contributed by atoms with Crippen LogP contribution in [0.15, 0.2) is 42.6 Å². The van der Waals surface area contributed by atoms with Gasteiger partial charge in [-0.2, -0.15) is 23.4 Å². The van der Waals surface area contributed by atoms with E-state index in [1.165, 1.54) is 12.3 Å². The van der Waals surface area contributed by atoms with Crippen LogP contribution in [0.1, 0.15) is 36.1 Å². The molecule has 0 radical (unpaired) electrons. The number of alkyl halides is 3. The highest BCUT2D eigenvalue weighted by molar-refractivity contribution is 5.93. The fraction of sp³-hybridized carbons (Fsp3) is 0.346. The molecule has 0 unspecified atom stereocenters. The Morgan fingerprint density at radius 3 is 2.68 bits per heavy atom. The van der Waals surface area contributed by atoms with Crippen LogP contribution < -0.4 is 11.1 Å². The Kier molecular flexibility index (Phi) is 6.49. The highest BCUT2D eigenvalue weighted by atomic mass is 19.4. The van der Waals surface area contributed by atoms with E-state index in [4.69, 9.17) is 10.5 Å². The standard InChI is InChI=1S/C26H25F4N5O2/c1-14(19-9-18(31)10-21(24(19)27)26(28,29)30)33-23-11-32-34-22-3-2-16(8-20(22)23)15-4-6-35(7-5-15)25(36)17-12-37-13-17/h2-4,8-11,14,17H,5-7,12-13,31H2,1H3,(H,33,34)/t14-/m1/s1. The van der Waals surface area contributed by atoms with Crippen LogP contribution in [0.3, 0.4) is 0 Å². The summed E-state index contributed by atoms with van der Waals surface area (Å²) in [5, 5.41) is 11.9. The molecule has 7 nitrogen and oxygen atoms in total. The lowest BCUT2D eigenvalue weighted by molar-refractivity contribution is -0.149. The fourth-order valence-electron chi connectivity index (χ4n) is 4.64. The molecule has 11 heteroatoms. The highest BCUT2D eigenvalue weighted by Gasteiger charge is 2.36. The second kappa shape index (κ2) is 9.62. The zero-order chi connectivity index (χ0) is 26.3. The molecule has 1 aromatic heterocycles. The number of hydrogen-bond acceptors (Lipinski definition) is 6. The second-order valence-corrected chi connectivity index (χ2v) is 9.32. The third kappa shape index (κ3) is 4.95. The molecule has 5 rings (SSSR count). The fourth-order valence-corrected chi connectivity index (χ4v) is 4.64. The van der Waals surface area contributed by atoms with Gasteiger partial charge in [0, 0.05) is 29.7 Å². The van der Waals surface area contributed by atoms with Gasteiger partial charge in [0.2, 0.25) is 5.91 Å². The number of benzene rings is 2. The van der Waals surface area contributed by atoms with E-state index in [1.807, 2.05) is 23.1 Å². The maximum absolute atomic E-state index is 14.8. The number of ether oxygens (including phenoxy) is 1. The van der Waals surface area contributed by atoms with E-state index in [1.54, 1.807) is 13.0 Å². The average Bonchev–Trinajstić information content (AvgIpc) is 2.83. The molecular weight excluding hydrogens is 490 g/mol. The van der Waals surface area contributed by atoms with Crippen LogP contribution in [0.5, 0.6) is 0 Å². The van der Waals surface area contributed by atoms with Crippen molar-refractivity contribution in [3.05, 3.63) is 65.1 Å². The maximum Gasteiger partial charge on any atom is 0.419 e. The van der Waals surface area contributed by atoms with Crippen LogP contribution in [0, 0.1) is 11.7 Å². The number of rotatable bonds is 5. The molecule has 0 aliphatic carbocycles. The summed E-state index contributed by atoms with van der Waals surface area (Å²) < 4.78 is 59.8. The summed E-state index contributed by atoms with van der Waals surface area (Å²) in [5.41, 5.74) is 6.93.